The second-order valence-electron chi connectivity index (χ2n) is 6.00. The molecule has 0 saturated carbocycles. The van der Waals surface area contributed by atoms with Gasteiger partial charge in [0, 0.05) is 23.3 Å². The number of aromatic nitrogens is 3. The normalized spacial score (nSPS) is 11.4. The van der Waals surface area contributed by atoms with Crippen LogP contribution in [0.25, 0.3) is 11.0 Å². The van der Waals surface area contributed by atoms with Crippen LogP contribution in [0.3, 0.4) is 0 Å². The van der Waals surface area contributed by atoms with Crippen molar-refractivity contribution in [1.29, 1.82) is 0 Å². The minimum absolute atomic E-state index is 0.739. The molecule has 1 N–H and O–H groups in total. The van der Waals surface area contributed by atoms with Crippen molar-refractivity contribution in [3.8, 4) is 0 Å². The number of rotatable bonds is 9. The van der Waals surface area contributed by atoms with Gasteiger partial charge in [-0.2, -0.15) is 0 Å². The average Bonchev–Trinajstić information content (AvgIpc) is 3.15. The Hall–Kier alpha value is -1.46. The van der Waals surface area contributed by atoms with Crippen LogP contribution >= 0.6 is 23.4 Å². The number of halogens is 1. The summed E-state index contributed by atoms with van der Waals surface area (Å²) in [5.41, 5.74) is 2.95. The van der Waals surface area contributed by atoms with Crippen molar-refractivity contribution in [3.05, 3.63) is 40.7 Å². The van der Waals surface area contributed by atoms with Crippen molar-refractivity contribution >= 4 is 34.4 Å². The first kappa shape index (κ1) is 17.4. The molecule has 0 unspecified atom stereocenters. The number of aromatic amines is 1. The van der Waals surface area contributed by atoms with Crippen LogP contribution in [0.1, 0.15) is 43.6 Å². The van der Waals surface area contributed by atoms with Crippen LogP contribution in [0.15, 0.2) is 33.9 Å². The Morgan fingerprint density at radius 2 is 1.96 bits per heavy atom. The molecule has 0 amide bonds. The number of nitrogens with one attached hydrogen (secondary N) is 1. The van der Waals surface area contributed by atoms with Gasteiger partial charge in [-0.05, 0) is 38.0 Å². The molecular weight excluding hydrogens is 342 g/mol. The van der Waals surface area contributed by atoms with E-state index in [2.05, 4.69) is 15.1 Å². The van der Waals surface area contributed by atoms with E-state index < -0.39 is 0 Å². The van der Waals surface area contributed by atoms with Crippen molar-refractivity contribution in [2.45, 2.75) is 50.6 Å². The van der Waals surface area contributed by atoms with Gasteiger partial charge in [0.1, 0.15) is 5.76 Å². The molecule has 0 atom stereocenters. The monoisotopic (exact) mass is 363 g/mol. The lowest BCUT2D eigenvalue weighted by Gasteiger charge is -2.00. The average molecular weight is 364 g/mol. The van der Waals surface area contributed by atoms with E-state index in [1.807, 2.05) is 31.2 Å². The Balaban J connectivity index is 1.28. The topological polar surface area (TPSA) is 54.7 Å². The summed E-state index contributed by atoms with van der Waals surface area (Å²) >= 11 is 7.77. The van der Waals surface area contributed by atoms with Gasteiger partial charge in [-0.3, -0.25) is 0 Å². The smallest absolute Gasteiger partial charge is 0.166 e. The summed E-state index contributed by atoms with van der Waals surface area (Å²) in [6.07, 6.45) is 7.15. The fraction of sp³-hybridized carbons (Fsp3) is 0.444. The van der Waals surface area contributed by atoms with Crippen LogP contribution in [-0.4, -0.2) is 20.9 Å². The summed E-state index contributed by atoms with van der Waals surface area (Å²) in [6, 6.07) is 7.77. The second kappa shape index (κ2) is 8.58. The van der Waals surface area contributed by atoms with E-state index in [1.165, 1.54) is 32.1 Å². The van der Waals surface area contributed by atoms with Gasteiger partial charge < -0.3 is 9.51 Å². The molecule has 0 saturated heterocycles. The maximum atomic E-state index is 5.99. The van der Waals surface area contributed by atoms with Gasteiger partial charge in [0.2, 0.25) is 0 Å². The van der Waals surface area contributed by atoms with Crippen LogP contribution < -0.4 is 0 Å². The van der Waals surface area contributed by atoms with E-state index >= 15 is 0 Å². The van der Waals surface area contributed by atoms with E-state index in [0.717, 1.165) is 44.8 Å². The molecule has 0 aliphatic carbocycles. The number of thioether (sulfide) groups is 1. The summed E-state index contributed by atoms with van der Waals surface area (Å²) in [5.74, 6) is 2.10. The first-order chi connectivity index (χ1) is 11.7. The molecule has 128 valence electrons. The van der Waals surface area contributed by atoms with E-state index in [1.54, 1.807) is 11.8 Å². The highest BCUT2D eigenvalue weighted by Crippen LogP contribution is 2.23. The number of H-pyrrole nitrogens is 1. The Labute approximate surface area is 151 Å². The molecule has 2 aromatic heterocycles. The molecule has 3 rings (SSSR count). The summed E-state index contributed by atoms with van der Waals surface area (Å²) in [7, 11) is 0. The van der Waals surface area contributed by atoms with Crippen LogP contribution in [0.2, 0.25) is 5.02 Å². The van der Waals surface area contributed by atoms with Gasteiger partial charge in [0.15, 0.2) is 5.16 Å². The van der Waals surface area contributed by atoms with Crippen molar-refractivity contribution in [2.75, 3.05) is 5.75 Å². The van der Waals surface area contributed by atoms with Crippen LogP contribution in [0.4, 0.5) is 0 Å². The quantitative estimate of drug-likeness (QED) is 0.385. The van der Waals surface area contributed by atoms with Gasteiger partial charge in [-0.1, -0.05) is 47.8 Å². The minimum Gasteiger partial charge on any atom is -0.361 e. The number of hydrogen-bond acceptors (Lipinski definition) is 4. The fourth-order valence-corrected chi connectivity index (χ4v) is 3.72. The fourth-order valence-electron chi connectivity index (χ4n) is 2.66. The van der Waals surface area contributed by atoms with Crippen molar-refractivity contribution in [3.63, 3.8) is 0 Å². The van der Waals surface area contributed by atoms with Gasteiger partial charge >= 0.3 is 0 Å². The highest BCUT2D eigenvalue weighted by Gasteiger charge is 2.04. The molecule has 0 aliphatic rings. The van der Waals surface area contributed by atoms with Gasteiger partial charge in [0.25, 0.3) is 0 Å². The predicted octanol–water partition coefficient (Wildman–Crippen LogP) is 5.80. The predicted molar refractivity (Wildman–Crippen MR) is 99.9 cm³/mol. The summed E-state index contributed by atoms with van der Waals surface area (Å²) in [4.78, 5) is 7.89. The maximum absolute atomic E-state index is 5.99. The maximum Gasteiger partial charge on any atom is 0.166 e. The molecular formula is C18H22ClN3OS. The molecule has 0 radical (unpaired) electrons. The molecule has 0 aliphatic heterocycles. The number of nitrogens with zero attached hydrogens (tertiary/aromatic N) is 2. The molecule has 0 fully saturated rings. The lowest BCUT2D eigenvalue weighted by atomic mass is 10.1. The third-order valence-corrected chi connectivity index (χ3v) is 5.10. The van der Waals surface area contributed by atoms with E-state index in [-0.39, 0.29) is 0 Å². The number of imidazole rings is 1. The van der Waals surface area contributed by atoms with Gasteiger partial charge in [-0.25, -0.2) is 4.98 Å². The molecule has 1 aromatic carbocycles. The molecule has 24 heavy (non-hydrogen) atoms. The molecule has 4 nitrogen and oxygen atoms in total. The largest absolute Gasteiger partial charge is 0.361 e. The Kier molecular flexibility index (Phi) is 6.21. The van der Waals surface area contributed by atoms with Crippen LogP contribution in [0, 0.1) is 6.92 Å². The third kappa shape index (κ3) is 5.02. The Bertz CT molecular complexity index is 784. The van der Waals surface area contributed by atoms with Crippen LogP contribution in [0.5, 0.6) is 0 Å². The van der Waals surface area contributed by atoms with Gasteiger partial charge in [-0.15, -0.1) is 0 Å². The van der Waals surface area contributed by atoms with E-state index in [9.17, 15) is 0 Å². The third-order valence-electron chi connectivity index (χ3n) is 3.91. The highest BCUT2D eigenvalue weighted by molar-refractivity contribution is 7.99. The zero-order chi connectivity index (χ0) is 16.8. The number of unbranched alkanes of at least 4 members (excludes halogenated alkanes) is 4. The number of benzene rings is 1. The van der Waals surface area contributed by atoms with Crippen LogP contribution in [-0.2, 0) is 6.42 Å². The summed E-state index contributed by atoms with van der Waals surface area (Å²) in [5, 5.41) is 5.63. The number of fused-ring (bicyclic) bond motifs is 1. The molecule has 3 aromatic rings. The van der Waals surface area contributed by atoms with E-state index in [0.29, 0.717) is 0 Å². The molecule has 0 bridgehead atoms. The minimum atomic E-state index is 0.739. The first-order valence-electron chi connectivity index (χ1n) is 8.41. The Morgan fingerprint density at radius 1 is 1.12 bits per heavy atom. The highest BCUT2D eigenvalue weighted by atomic mass is 35.5. The van der Waals surface area contributed by atoms with E-state index in [4.69, 9.17) is 16.1 Å². The second-order valence-corrected chi connectivity index (χ2v) is 7.52. The standard InChI is InChI=1S/C18H22ClN3OS/c1-13-11-15(23-22-13)7-5-3-2-4-6-10-24-18-20-16-9-8-14(19)12-17(16)21-18/h8-9,11-12H,2-7,10H2,1H3,(H,20,21). The lowest BCUT2D eigenvalue weighted by molar-refractivity contribution is 0.375. The SMILES string of the molecule is Cc1cc(CCCCCCCSc2nc3ccc(Cl)cc3[nH]2)on1. The molecule has 0 spiro atoms. The molecule has 6 heteroatoms. The van der Waals surface area contributed by atoms with Crippen molar-refractivity contribution in [2.24, 2.45) is 0 Å². The van der Waals surface area contributed by atoms with Crippen molar-refractivity contribution < 1.29 is 4.52 Å². The Morgan fingerprint density at radius 3 is 2.79 bits per heavy atom. The lowest BCUT2D eigenvalue weighted by Crippen LogP contribution is -1.86. The number of aryl methyl sites for hydroxylation is 2. The first-order valence-corrected chi connectivity index (χ1v) is 9.77. The zero-order valence-corrected chi connectivity index (χ0v) is 15.4. The zero-order valence-electron chi connectivity index (χ0n) is 13.8. The van der Waals surface area contributed by atoms with Crippen molar-refractivity contribution in [1.82, 2.24) is 15.1 Å². The molecule has 2 heterocycles. The van der Waals surface area contributed by atoms with Gasteiger partial charge in [0.05, 0.1) is 16.7 Å². The summed E-state index contributed by atoms with van der Waals surface area (Å²) < 4.78 is 5.22. The number of hydrogen-bond donors (Lipinski definition) is 1. The summed E-state index contributed by atoms with van der Waals surface area (Å²) in [6.45, 7) is 1.96.